The zero-order chi connectivity index (χ0) is 23.9. The molecular weight excluding hydrogens is 424 g/mol. The lowest BCUT2D eigenvalue weighted by atomic mass is 9.70. The van der Waals surface area contributed by atoms with E-state index in [0.717, 1.165) is 16.8 Å². The van der Waals surface area contributed by atoms with Gasteiger partial charge in [0.05, 0.1) is 17.9 Å². The van der Waals surface area contributed by atoms with Crippen LogP contribution in [0.4, 0.5) is 5.69 Å². The number of aliphatic hydroxyl groups excluding tert-OH is 1. The molecule has 1 aromatic carbocycles. The Morgan fingerprint density at radius 1 is 1.30 bits per heavy atom. The van der Waals surface area contributed by atoms with E-state index in [1.807, 2.05) is 32.0 Å². The number of carbonyl (C=O) groups is 3. The van der Waals surface area contributed by atoms with Crippen molar-refractivity contribution >= 4 is 23.5 Å². The number of likely N-dealkylation sites (tertiary alicyclic amines) is 1. The van der Waals surface area contributed by atoms with Crippen molar-refractivity contribution in [3.05, 3.63) is 42.0 Å². The zero-order valence-corrected chi connectivity index (χ0v) is 19.2. The Balaban J connectivity index is 1.79. The number of aliphatic carboxylic acids is 1. The number of aryl methyl sites for hydroxylation is 2. The number of ether oxygens (including phenoxy) is 1. The molecular formula is C25H32N2O6. The third-order valence-electron chi connectivity index (χ3n) is 7.41. The summed E-state index contributed by atoms with van der Waals surface area (Å²) in [6.07, 6.45) is 3.08. The van der Waals surface area contributed by atoms with Crippen molar-refractivity contribution in [1.29, 1.82) is 0 Å². The highest BCUT2D eigenvalue weighted by molar-refractivity contribution is 6.05. The fraction of sp³-hybridized carbons (Fsp3) is 0.560. The fourth-order valence-electron chi connectivity index (χ4n) is 6.15. The third kappa shape index (κ3) is 3.56. The van der Waals surface area contributed by atoms with Gasteiger partial charge in [0.2, 0.25) is 5.91 Å². The molecule has 2 bridgehead atoms. The Morgan fingerprint density at radius 3 is 2.61 bits per heavy atom. The molecule has 0 aromatic heterocycles. The predicted octanol–water partition coefficient (Wildman–Crippen LogP) is 2.05. The molecule has 3 saturated heterocycles. The van der Waals surface area contributed by atoms with Crippen molar-refractivity contribution in [1.82, 2.24) is 4.90 Å². The number of hydrogen-bond acceptors (Lipinski definition) is 5. The molecule has 3 aliphatic rings. The summed E-state index contributed by atoms with van der Waals surface area (Å²) in [6, 6.07) is 4.88. The number of carboxylic acid groups (broad SMARTS) is 1. The Labute approximate surface area is 193 Å². The highest BCUT2D eigenvalue weighted by Gasteiger charge is 2.74. The third-order valence-corrected chi connectivity index (χ3v) is 7.41. The van der Waals surface area contributed by atoms with E-state index in [2.05, 4.69) is 6.58 Å². The van der Waals surface area contributed by atoms with Gasteiger partial charge in [-0.15, -0.1) is 6.58 Å². The van der Waals surface area contributed by atoms with Crippen molar-refractivity contribution in [3.8, 4) is 0 Å². The molecule has 3 heterocycles. The van der Waals surface area contributed by atoms with Crippen LogP contribution in [0.2, 0.25) is 0 Å². The summed E-state index contributed by atoms with van der Waals surface area (Å²) < 4.78 is 6.26. The first-order valence-corrected chi connectivity index (χ1v) is 11.6. The topological polar surface area (TPSA) is 107 Å². The lowest BCUT2D eigenvalue weighted by Crippen LogP contribution is -2.56. The second-order valence-electron chi connectivity index (χ2n) is 9.33. The van der Waals surface area contributed by atoms with Crippen LogP contribution in [0.3, 0.4) is 0 Å². The molecule has 0 saturated carbocycles. The average Bonchev–Trinajstić information content (AvgIpc) is 3.40. The van der Waals surface area contributed by atoms with Crippen LogP contribution in [0.15, 0.2) is 30.9 Å². The molecule has 2 N–H and O–H groups in total. The smallest absolute Gasteiger partial charge is 0.310 e. The molecule has 5 atom stereocenters. The van der Waals surface area contributed by atoms with E-state index in [9.17, 15) is 24.6 Å². The maximum Gasteiger partial charge on any atom is 0.310 e. The summed E-state index contributed by atoms with van der Waals surface area (Å²) in [6.45, 7) is 8.20. The second-order valence-corrected chi connectivity index (χ2v) is 9.33. The number of unbranched alkanes of at least 4 members (excludes halogenated alkanes) is 1. The summed E-state index contributed by atoms with van der Waals surface area (Å²) in [4.78, 5) is 43.1. The molecule has 33 heavy (non-hydrogen) atoms. The highest BCUT2D eigenvalue weighted by atomic mass is 16.5. The number of nitrogens with zero attached hydrogens (tertiary/aromatic N) is 2. The Bertz CT molecular complexity index is 957. The number of amides is 2. The molecule has 0 radical (unpaired) electrons. The van der Waals surface area contributed by atoms with E-state index in [-0.39, 0.29) is 31.5 Å². The van der Waals surface area contributed by atoms with Crippen LogP contribution in [0, 0.1) is 25.7 Å². The zero-order valence-electron chi connectivity index (χ0n) is 19.2. The minimum Gasteiger partial charge on any atom is -0.481 e. The number of hydrogen-bond donors (Lipinski definition) is 2. The van der Waals surface area contributed by atoms with Crippen molar-refractivity contribution in [3.63, 3.8) is 0 Å². The molecule has 178 valence electrons. The van der Waals surface area contributed by atoms with Gasteiger partial charge in [0.25, 0.3) is 5.91 Å². The van der Waals surface area contributed by atoms with Gasteiger partial charge >= 0.3 is 5.97 Å². The molecule has 3 fully saturated rings. The first kappa shape index (κ1) is 23.4. The van der Waals surface area contributed by atoms with Crippen LogP contribution >= 0.6 is 0 Å². The van der Waals surface area contributed by atoms with Gasteiger partial charge < -0.3 is 24.7 Å². The number of fused-ring (bicyclic) bond motifs is 1. The molecule has 3 aliphatic heterocycles. The standard InChI is InChI=1S/C25H32N2O6/c1-4-12-26(20-15(2)8-7-9-16(20)3)23(30)21-25-11-10-17(33-25)18(24(31)32)19(25)22(29)27(21)13-5-6-14-28/h4,7-9,17-19,21,28H,1,5-6,10-14H2,2-3H3,(H,31,32)/t17-,18+,19-,21?,25?/m0/s1. The number of rotatable bonds is 9. The number of carbonyl (C=O) groups excluding carboxylic acids is 2. The maximum atomic E-state index is 14.2. The van der Waals surface area contributed by atoms with Crippen LogP contribution < -0.4 is 4.90 Å². The summed E-state index contributed by atoms with van der Waals surface area (Å²) >= 11 is 0. The minimum atomic E-state index is -1.14. The first-order valence-electron chi connectivity index (χ1n) is 11.6. The maximum absolute atomic E-state index is 14.2. The van der Waals surface area contributed by atoms with Crippen molar-refractivity contribution < 1.29 is 29.3 Å². The van der Waals surface area contributed by atoms with Gasteiger partial charge in [-0.25, -0.2) is 0 Å². The van der Waals surface area contributed by atoms with Gasteiger partial charge in [0, 0.05) is 25.4 Å². The predicted molar refractivity (Wildman–Crippen MR) is 122 cm³/mol. The molecule has 4 rings (SSSR count). The fourth-order valence-corrected chi connectivity index (χ4v) is 6.15. The number of benzene rings is 1. The van der Waals surface area contributed by atoms with Crippen LogP contribution in [0.25, 0.3) is 0 Å². The average molecular weight is 457 g/mol. The van der Waals surface area contributed by atoms with Crippen molar-refractivity contribution in [2.45, 2.75) is 57.3 Å². The van der Waals surface area contributed by atoms with Crippen LogP contribution in [0.5, 0.6) is 0 Å². The van der Waals surface area contributed by atoms with Gasteiger partial charge in [-0.2, -0.15) is 0 Å². The Hall–Kier alpha value is -2.71. The van der Waals surface area contributed by atoms with Gasteiger partial charge in [-0.05, 0) is 50.7 Å². The SMILES string of the molecule is C=CCN(C(=O)C1N(CCCCO)C(=O)[C@@H]2[C@H](C(=O)O)[C@@H]3CCC12O3)c1c(C)cccc1C. The van der Waals surface area contributed by atoms with Crippen molar-refractivity contribution in [2.24, 2.45) is 11.8 Å². The van der Waals surface area contributed by atoms with E-state index in [4.69, 9.17) is 4.74 Å². The van der Waals surface area contributed by atoms with Gasteiger partial charge in [0.15, 0.2) is 0 Å². The molecule has 8 nitrogen and oxygen atoms in total. The normalized spacial score (nSPS) is 29.9. The minimum absolute atomic E-state index is 0.0173. The second kappa shape index (κ2) is 8.91. The molecule has 2 unspecified atom stereocenters. The number of para-hydroxylation sites is 1. The van der Waals surface area contributed by atoms with Gasteiger partial charge in [-0.1, -0.05) is 24.3 Å². The molecule has 0 aliphatic carbocycles. The summed E-state index contributed by atoms with van der Waals surface area (Å²) in [5.41, 5.74) is 1.48. The van der Waals surface area contributed by atoms with Gasteiger partial charge in [0.1, 0.15) is 11.6 Å². The van der Waals surface area contributed by atoms with Crippen molar-refractivity contribution in [2.75, 3.05) is 24.6 Å². The first-order chi connectivity index (χ1) is 15.8. The van der Waals surface area contributed by atoms with E-state index in [0.29, 0.717) is 25.7 Å². The lowest BCUT2D eigenvalue weighted by Gasteiger charge is -2.37. The van der Waals surface area contributed by atoms with E-state index in [1.54, 1.807) is 11.0 Å². The largest absolute Gasteiger partial charge is 0.481 e. The quantitative estimate of drug-likeness (QED) is 0.435. The number of anilines is 1. The lowest BCUT2D eigenvalue weighted by molar-refractivity contribution is -0.149. The summed E-state index contributed by atoms with van der Waals surface area (Å²) in [5, 5.41) is 19.1. The van der Waals surface area contributed by atoms with E-state index in [1.165, 1.54) is 4.90 Å². The molecule has 8 heteroatoms. The summed E-state index contributed by atoms with van der Waals surface area (Å²) in [7, 11) is 0. The Morgan fingerprint density at radius 2 is 2.00 bits per heavy atom. The Kier molecular flexibility index (Phi) is 6.33. The highest BCUT2D eigenvalue weighted by Crippen LogP contribution is 2.58. The van der Waals surface area contributed by atoms with Gasteiger partial charge in [-0.3, -0.25) is 14.4 Å². The summed E-state index contributed by atoms with van der Waals surface area (Å²) in [5.74, 6) is -3.49. The van der Waals surface area contributed by atoms with Crippen LogP contribution in [0.1, 0.15) is 36.8 Å². The number of carboxylic acids is 1. The molecule has 1 aromatic rings. The molecule has 1 spiro atoms. The van der Waals surface area contributed by atoms with Crippen LogP contribution in [-0.4, -0.2) is 70.3 Å². The van der Waals surface area contributed by atoms with Crippen LogP contribution in [-0.2, 0) is 19.1 Å². The molecule has 2 amide bonds. The van der Waals surface area contributed by atoms with E-state index < -0.39 is 35.6 Å². The number of aliphatic hydroxyl groups is 1. The monoisotopic (exact) mass is 456 g/mol. The van der Waals surface area contributed by atoms with E-state index >= 15 is 0 Å².